The maximum atomic E-state index is 13.1. The monoisotopic (exact) mass is 428 g/mol. The number of rotatable bonds is 2. The van der Waals surface area contributed by atoms with Gasteiger partial charge in [0, 0.05) is 31.7 Å². The van der Waals surface area contributed by atoms with Gasteiger partial charge in [0.2, 0.25) is 5.82 Å². The second-order valence-electron chi connectivity index (χ2n) is 7.08. The molecule has 5 heterocycles. The fraction of sp³-hybridized carbons (Fsp3) is 0.263. The molecule has 0 radical (unpaired) electrons. The molecule has 2 aliphatic heterocycles. The molecule has 2 amide bonds. The van der Waals surface area contributed by atoms with Crippen molar-refractivity contribution in [3.8, 4) is 11.4 Å². The molecule has 9 nitrogen and oxygen atoms in total. The molecular weight excluding hydrogens is 413 g/mol. The largest absolute Gasteiger partial charge is 0.451 e. The standard InChI is InChI=1S/C19H15F3N8O/c20-19(21,22)17-25-5-3-13(27-17)12-1-2-14-16(26-12)30(11-4-8-29(14)10-11)18(31)28-15-9-23-6-7-24-15/h1-3,5-7,9,11H,4,8,10H2,(H,24,28,31). The Hall–Kier alpha value is -3.83. The summed E-state index contributed by atoms with van der Waals surface area (Å²) in [6.45, 7) is 1.40. The Morgan fingerprint density at radius 1 is 1.06 bits per heavy atom. The number of aromatic nitrogens is 5. The number of halogens is 3. The van der Waals surface area contributed by atoms with E-state index in [1.54, 1.807) is 12.1 Å². The summed E-state index contributed by atoms with van der Waals surface area (Å²) in [5.41, 5.74) is 0.968. The first-order valence-electron chi connectivity index (χ1n) is 9.43. The summed E-state index contributed by atoms with van der Waals surface area (Å²) in [5.74, 6) is -0.596. The van der Waals surface area contributed by atoms with E-state index in [1.807, 2.05) is 0 Å². The van der Waals surface area contributed by atoms with Crippen LogP contribution < -0.4 is 15.1 Å². The van der Waals surface area contributed by atoms with Gasteiger partial charge in [-0.1, -0.05) is 0 Å². The van der Waals surface area contributed by atoms with E-state index in [4.69, 9.17) is 0 Å². The average Bonchev–Trinajstić information content (AvgIpc) is 3.18. The van der Waals surface area contributed by atoms with Crippen molar-refractivity contribution in [1.82, 2.24) is 24.9 Å². The third-order valence-electron chi connectivity index (χ3n) is 5.14. The SMILES string of the molecule is O=C(Nc1cnccn1)N1c2nc(-c3ccnc(C(F)(F)F)n3)ccc2N2CCC1C2. The maximum Gasteiger partial charge on any atom is 0.451 e. The molecule has 1 saturated heterocycles. The van der Waals surface area contributed by atoms with Gasteiger partial charge in [0.25, 0.3) is 0 Å². The second-order valence-corrected chi connectivity index (χ2v) is 7.08. The minimum atomic E-state index is -4.67. The van der Waals surface area contributed by atoms with Crippen LogP contribution in [0.2, 0.25) is 0 Å². The van der Waals surface area contributed by atoms with Gasteiger partial charge in [-0.15, -0.1) is 0 Å². The van der Waals surface area contributed by atoms with Gasteiger partial charge in [0.05, 0.1) is 29.3 Å². The molecule has 1 N–H and O–H groups in total. The highest BCUT2D eigenvalue weighted by atomic mass is 19.4. The number of carbonyl (C=O) groups excluding carboxylic acids is 1. The van der Waals surface area contributed by atoms with Gasteiger partial charge in [0.1, 0.15) is 0 Å². The van der Waals surface area contributed by atoms with Gasteiger partial charge in [-0.25, -0.2) is 24.7 Å². The van der Waals surface area contributed by atoms with Crippen LogP contribution >= 0.6 is 0 Å². The van der Waals surface area contributed by atoms with Crippen LogP contribution in [0.3, 0.4) is 0 Å². The first kappa shape index (κ1) is 19.2. The third-order valence-corrected chi connectivity index (χ3v) is 5.14. The molecule has 3 aromatic heterocycles. The van der Waals surface area contributed by atoms with Crippen LogP contribution in [-0.4, -0.2) is 50.1 Å². The lowest BCUT2D eigenvalue weighted by molar-refractivity contribution is -0.144. The number of anilines is 3. The molecule has 0 saturated carbocycles. The molecule has 1 fully saturated rings. The lowest BCUT2D eigenvalue weighted by Gasteiger charge is -2.35. The number of urea groups is 1. The van der Waals surface area contributed by atoms with Gasteiger partial charge >= 0.3 is 12.2 Å². The van der Waals surface area contributed by atoms with Gasteiger partial charge in [-0.3, -0.25) is 15.2 Å². The highest BCUT2D eigenvalue weighted by molar-refractivity contribution is 6.04. The van der Waals surface area contributed by atoms with Crippen LogP contribution in [0.25, 0.3) is 11.4 Å². The van der Waals surface area contributed by atoms with Crippen molar-refractivity contribution in [2.75, 3.05) is 28.2 Å². The number of pyridine rings is 1. The zero-order chi connectivity index (χ0) is 21.6. The maximum absolute atomic E-state index is 13.1. The van der Waals surface area contributed by atoms with Crippen LogP contribution in [0.15, 0.2) is 43.0 Å². The van der Waals surface area contributed by atoms with Crippen molar-refractivity contribution in [3.05, 3.63) is 48.8 Å². The second kappa shape index (κ2) is 7.15. The number of nitrogens with zero attached hydrogens (tertiary/aromatic N) is 7. The Bertz CT molecular complexity index is 1140. The molecule has 2 aliphatic rings. The van der Waals surface area contributed by atoms with Crippen LogP contribution in [0.1, 0.15) is 12.2 Å². The van der Waals surface area contributed by atoms with Gasteiger partial charge in [-0.2, -0.15) is 13.2 Å². The van der Waals surface area contributed by atoms with Crippen molar-refractivity contribution >= 4 is 23.4 Å². The molecule has 2 bridgehead atoms. The Kier molecular flexibility index (Phi) is 4.41. The zero-order valence-corrected chi connectivity index (χ0v) is 15.9. The predicted octanol–water partition coefficient (Wildman–Crippen LogP) is 2.98. The van der Waals surface area contributed by atoms with E-state index in [9.17, 15) is 18.0 Å². The Labute approximate surface area is 174 Å². The summed E-state index contributed by atoms with van der Waals surface area (Å²) in [4.78, 5) is 36.1. The van der Waals surface area contributed by atoms with E-state index in [1.165, 1.54) is 29.6 Å². The fourth-order valence-corrected chi connectivity index (χ4v) is 3.79. The summed E-state index contributed by atoms with van der Waals surface area (Å²) >= 11 is 0. The summed E-state index contributed by atoms with van der Waals surface area (Å²) in [5, 5.41) is 2.70. The number of amides is 2. The van der Waals surface area contributed by atoms with Crippen molar-refractivity contribution in [2.45, 2.75) is 18.6 Å². The van der Waals surface area contributed by atoms with Gasteiger partial charge in [0.15, 0.2) is 11.6 Å². The lowest BCUT2D eigenvalue weighted by atomic mass is 10.1. The molecule has 5 rings (SSSR count). The Morgan fingerprint density at radius 2 is 1.90 bits per heavy atom. The molecule has 1 unspecified atom stereocenters. The molecule has 0 aliphatic carbocycles. The molecule has 3 aromatic rings. The normalized spacial score (nSPS) is 17.5. The Balaban J connectivity index is 1.54. The number of carbonyl (C=O) groups is 1. The van der Waals surface area contributed by atoms with E-state index in [0.29, 0.717) is 12.4 Å². The Morgan fingerprint density at radius 3 is 2.68 bits per heavy atom. The van der Waals surface area contributed by atoms with E-state index in [2.05, 4.69) is 35.1 Å². The van der Waals surface area contributed by atoms with Crippen LogP contribution in [0, 0.1) is 0 Å². The fourth-order valence-electron chi connectivity index (χ4n) is 3.79. The van der Waals surface area contributed by atoms with Crippen molar-refractivity contribution in [1.29, 1.82) is 0 Å². The topological polar surface area (TPSA) is 100 Å². The predicted molar refractivity (Wildman–Crippen MR) is 104 cm³/mol. The van der Waals surface area contributed by atoms with E-state index in [0.717, 1.165) is 24.8 Å². The molecule has 31 heavy (non-hydrogen) atoms. The van der Waals surface area contributed by atoms with Crippen molar-refractivity contribution in [3.63, 3.8) is 0 Å². The summed E-state index contributed by atoms with van der Waals surface area (Å²) in [6.07, 6.45) is 1.49. The van der Waals surface area contributed by atoms with Gasteiger partial charge < -0.3 is 4.90 Å². The first-order chi connectivity index (χ1) is 14.9. The molecule has 0 spiro atoms. The summed E-state index contributed by atoms with van der Waals surface area (Å²) in [7, 11) is 0. The lowest BCUT2D eigenvalue weighted by Crippen LogP contribution is -2.48. The highest BCUT2D eigenvalue weighted by Crippen LogP contribution is 2.40. The smallest absolute Gasteiger partial charge is 0.366 e. The number of fused-ring (bicyclic) bond motifs is 4. The molecular formula is C19H15F3N8O. The van der Waals surface area contributed by atoms with Gasteiger partial charge in [-0.05, 0) is 24.6 Å². The molecule has 158 valence electrons. The zero-order valence-electron chi connectivity index (χ0n) is 15.9. The number of hydrogen-bond acceptors (Lipinski definition) is 7. The minimum absolute atomic E-state index is 0.0207. The van der Waals surface area contributed by atoms with Crippen LogP contribution in [-0.2, 0) is 6.18 Å². The van der Waals surface area contributed by atoms with Crippen LogP contribution in [0.5, 0.6) is 0 Å². The number of hydrogen-bond donors (Lipinski definition) is 1. The quantitative estimate of drug-likeness (QED) is 0.670. The number of alkyl halides is 3. The molecule has 0 aromatic carbocycles. The van der Waals surface area contributed by atoms with E-state index >= 15 is 0 Å². The van der Waals surface area contributed by atoms with E-state index < -0.39 is 18.0 Å². The first-order valence-corrected chi connectivity index (χ1v) is 9.43. The van der Waals surface area contributed by atoms with Crippen molar-refractivity contribution in [2.24, 2.45) is 0 Å². The van der Waals surface area contributed by atoms with Crippen molar-refractivity contribution < 1.29 is 18.0 Å². The highest BCUT2D eigenvalue weighted by Gasteiger charge is 2.40. The average molecular weight is 428 g/mol. The van der Waals surface area contributed by atoms with Crippen LogP contribution in [0.4, 0.5) is 35.3 Å². The summed E-state index contributed by atoms with van der Waals surface area (Å²) in [6, 6.07) is 4.14. The number of nitrogens with one attached hydrogen (secondary N) is 1. The summed E-state index contributed by atoms with van der Waals surface area (Å²) < 4.78 is 39.1. The van der Waals surface area contributed by atoms with E-state index in [-0.39, 0.29) is 23.2 Å². The molecule has 12 heteroatoms. The molecule has 1 atom stereocenters. The minimum Gasteiger partial charge on any atom is -0.366 e. The third kappa shape index (κ3) is 3.49.